The first-order chi connectivity index (χ1) is 15.3. The molecule has 7 nitrogen and oxygen atoms in total. The van der Waals surface area contributed by atoms with Crippen molar-refractivity contribution in [3.8, 4) is 0 Å². The Hall–Kier alpha value is -2.57. The van der Waals surface area contributed by atoms with Crippen LogP contribution in [-0.2, 0) is 14.3 Å². The zero-order valence-corrected chi connectivity index (χ0v) is 19.0. The number of nitrogens with zero attached hydrogens (tertiary/aromatic N) is 1. The number of fused-ring (bicyclic) bond motifs is 3. The first-order valence-electron chi connectivity index (χ1n) is 12.0. The normalized spacial score (nSPS) is 35.6. The Morgan fingerprint density at radius 2 is 2.03 bits per heavy atom. The number of esters is 1. The monoisotopic (exact) mass is 439 g/mol. The number of likely N-dealkylation sites (tertiary alicyclic amines) is 1. The van der Waals surface area contributed by atoms with Gasteiger partial charge in [0.1, 0.15) is 5.66 Å². The van der Waals surface area contributed by atoms with Gasteiger partial charge in [-0.05, 0) is 63.0 Å². The molecule has 2 aliphatic heterocycles. The molecule has 0 radical (unpaired) electrons. The topological polar surface area (TPSA) is 87.7 Å². The molecular formula is C25H33N3O4. The number of ether oxygens (including phenoxy) is 1. The Morgan fingerprint density at radius 1 is 1.22 bits per heavy atom. The largest absolute Gasteiger partial charge is 0.466 e. The second kappa shape index (κ2) is 7.78. The first kappa shape index (κ1) is 21.3. The van der Waals surface area contributed by atoms with Crippen LogP contribution in [0.1, 0.15) is 62.7 Å². The lowest BCUT2D eigenvalue weighted by Crippen LogP contribution is -2.70. The second-order valence-corrected chi connectivity index (χ2v) is 10.3. The summed E-state index contributed by atoms with van der Waals surface area (Å²) in [5, 5.41) is 6.94. The van der Waals surface area contributed by atoms with Crippen LogP contribution in [0.3, 0.4) is 0 Å². The number of carbonyl (C=O) groups excluding carboxylic acids is 3. The average molecular weight is 440 g/mol. The number of anilines is 1. The fourth-order valence-corrected chi connectivity index (χ4v) is 6.68. The van der Waals surface area contributed by atoms with E-state index in [2.05, 4.69) is 17.6 Å². The highest BCUT2D eigenvalue weighted by Crippen LogP contribution is 2.59. The van der Waals surface area contributed by atoms with E-state index in [-0.39, 0.29) is 41.0 Å². The quantitative estimate of drug-likeness (QED) is 0.707. The van der Waals surface area contributed by atoms with Gasteiger partial charge in [0.2, 0.25) is 5.91 Å². The maximum absolute atomic E-state index is 13.7. The summed E-state index contributed by atoms with van der Waals surface area (Å²) in [4.78, 5) is 40.7. The molecule has 172 valence electrons. The third kappa shape index (κ3) is 3.37. The third-order valence-electron chi connectivity index (χ3n) is 8.32. The van der Waals surface area contributed by atoms with Gasteiger partial charge >= 0.3 is 5.97 Å². The van der Waals surface area contributed by atoms with Gasteiger partial charge in [-0.3, -0.25) is 14.4 Å². The summed E-state index contributed by atoms with van der Waals surface area (Å²) in [5.41, 5.74) is 0.860. The summed E-state index contributed by atoms with van der Waals surface area (Å²) in [5.74, 6) is -0.156. The van der Waals surface area contributed by atoms with Crippen LogP contribution in [-0.4, -0.2) is 48.0 Å². The number of benzene rings is 1. The molecule has 1 saturated heterocycles. The molecular weight excluding hydrogens is 406 g/mol. The highest BCUT2D eigenvalue weighted by Gasteiger charge is 2.60. The van der Waals surface area contributed by atoms with Crippen LogP contribution >= 0.6 is 0 Å². The van der Waals surface area contributed by atoms with Gasteiger partial charge in [-0.1, -0.05) is 19.1 Å². The summed E-state index contributed by atoms with van der Waals surface area (Å²) in [6, 6.07) is 7.63. The SMILES string of the molecule is CCOC(=O)[C@@H]1CCCN(C(=O)[C@H]2C[C@H]3CC[C@@]2(C)C[C@]32NC(=O)c3ccccc3N2)C1. The lowest BCUT2D eigenvalue weighted by atomic mass is 9.51. The molecule has 3 saturated carbocycles. The van der Waals surface area contributed by atoms with Crippen molar-refractivity contribution in [3.63, 3.8) is 0 Å². The van der Waals surface area contributed by atoms with E-state index in [0.717, 1.165) is 44.2 Å². The molecule has 2 amide bonds. The molecule has 0 aromatic heterocycles. The molecule has 32 heavy (non-hydrogen) atoms. The maximum Gasteiger partial charge on any atom is 0.310 e. The van der Waals surface area contributed by atoms with E-state index >= 15 is 0 Å². The highest BCUT2D eigenvalue weighted by atomic mass is 16.5. The lowest BCUT2D eigenvalue weighted by Gasteiger charge is -2.61. The second-order valence-electron chi connectivity index (χ2n) is 10.3. The fraction of sp³-hybridized carbons (Fsp3) is 0.640. The molecule has 2 heterocycles. The van der Waals surface area contributed by atoms with Crippen molar-refractivity contribution in [1.82, 2.24) is 10.2 Å². The number of hydrogen-bond acceptors (Lipinski definition) is 5. The van der Waals surface area contributed by atoms with Crippen molar-refractivity contribution >= 4 is 23.5 Å². The molecule has 5 atom stereocenters. The number of rotatable bonds is 3. The van der Waals surface area contributed by atoms with E-state index in [9.17, 15) is 14.4 Å². The van der Waals surface area contributed by atoms with Gasteiger partial charge in [0.05, 0.1) is 18.1 Å². The summed E-state index contributed by atoms with van der Waals surface area (Å²) >= 11 is 0. The minimum Gasteiger partial charge on any atom is -0.466 e. The van der Waals surface area contributed by atoms with E-state index in [1.807, 2.05) is 36.1 Å². The molecule has 2 N–H and O–H groups in total. The van der Waals surface area contributed by atoms with Crippen LogP contribution in [0.4, 0.5) is 5.69 Å². The molecule has 7 heteroatoms. The fourth-order valence-electron chi connectivity index (χ4n) is 6.68. The van der Waals surface area contributed by atoms with Crippen LogP contribution in [0.15, 0.2) is 24.3 Å². The molecule has 3 aliphatic carbocycles. The number of amides is 2. The predicted molar refractivity (Wildman–Crippen MR) is 120 cm³/mol. The van der Waals surface area contributed by atoms with Crippen molar-refractivity contribution in [2.24, 2.45) is 23.2 Å². The Bertz CT molecular complexity index is 949. The Morgan fingerprint density at radius 3 is 2.81 bits per heavy atom. The molecule has 6 rings (SSSR count). The van der Waals surface area contributed by atoms with Crippen molar-refractivity contribution < 1.29 is 19.1 Å². The zero-order chi connectivity index (χ0) is 22.5. The Labute approximate surface area is 189 Å². The van der Waals surface area contributed by atoms with Gasteiger partial charge in [-0.2, -0.15) is 0 Å². The molecule has 1 aromatic rings. The number of para-hydroxylation sites is 1. The lowest BCUT2D eigenvalue weighted by molar-refractivity contribution is -0.157. The number of carbonyl (C=O) groups is 3. The minimum atomic E-state index is -0.495. The van der Waals surface area contributed by atoms with E-state index < -0.39 is 5.66 Å². The van der Waals surface area contributed by atoms with Crippen molar-refractivity contribution in [2.75, 3.05) is 25.0 Å². The van der Waals surface area contributed by atoms with Gasteiger partial charge < -0.3 is 20.3 Å². The van der Waals surface area contributed by atoms with Crippen LogP contribution in [0.25, 0.3) is 0 Å². The predicted octanol–water partition coefficient (Wildman–Crippen LogP) is 3.17. The van der Waals surface area contributed by atoms with Crippen molar-refractivity contribution in [1.29, 1.82) is 0 Å². The van der Waals surface area contributed by atoms with Gasteiger partial charge in [-0.25, -0.2) is 0 Å². The van der Waals surface area contributed by atoms with Gasteiger partial charge in [0.15, 0.2) is 0 Å². The first-order valence-corrected chi connectivity index (χ1v) is 12.0. The standard InChI is InChI=1S/C25H33N3O4/c1-3-32-23(31)16-7-6-12-28(14-16)22(30)19-13-17-10-11-24(19,2)15-25(17)26-20-9-5-4-8-18(20)21(29)27-25/h4-5,8-9,16-17,19,26H,3,6-7,10-15H2,1-2H3,(H,27,29)/t16-,17-,19-,24+,25+/m1/s1. The molecule has 2 bridgehead atoms. The molecule has 0 unspecified atom stereocenters. The molecule has 4 fully saturated rings. The summed E-state index contributed by atoms with van der Waals surface area (Å²) in [7, 11) is 0. The summed E-state index contributed by atoms with van der Waals surface area (Å²) < 4.78 is 5.21. The number of hydrogen-bond donors (Lipinski definition) is 2. The van der Waals surface area contributed by atoms with E-state index in [4.69, 9.17) is 4.74 Å². The van der Waals surface area contributed by atoms with Crippen LogP contribution < -0.4 is 10.6 Å². The summed E-state index contributed by atoms with van der Waals surface area (Å²) in [6.45, 7) is 5.56. The zero-order valence-electron chi connectivity index (χ0n) is 19.0. The van der Waals surface area contributed by atoms with Gasteiger partial charge in [0.25, 0.3) is 5.91 Å². The maximum atomic E-state index is 13.7. The molecule has 1 spiro atoms. The Balaban J connectivity index is 1.34. The highest BCUT2D eigenvalue weighted by molar-refractivity contribution is 6.02. The van der Waals surface area contributed by atoms with Crippen LogP contribution in [0, 0.1) is 23.2 Å². The number of nitrogens with one attached hydrogen (secondary N) is 2. The molecule has 1 aromatic carbocycles. The Kier molecular flexibility index (Phi) is 5.18. The van der Waals surface area contributed by atoms with Gasteiger partial charge in [-0.15, -0.1) is 0 Å². The third-order valence-corrected chi connectivity index (χ3v) is 8.32. The summed E-state index contributed by atoms with van der Waals surface area (Å²) in [6.07, 6.45) is 5.07. The molecule has 5 aliphatic rings. The van der Waals surface area contributed by atoms with Crippen molar-refractivity contribution in [3.05, 3.63) is 29.8 Å². The average Bonchev–Trinajstić information content (AvgIpc) is 2.78. The van der Waals surface area contributed by atoms with Crippen LogP contribution in [0.5, 0.6) is 0 Å². The van der Waals surface area contributed by atoms with E-state index in [1.165, 1.54) is 0 Å². The minimum absolute atomic E-state index is 0.0355. The van der Waals surface area contributed by atoms with E-state index in [0.29, 0.717) is 25.3 Å². The van der Waals surface area contributed by atoms with E-state index in [1.54, 1.807) is 0 Å². The van der Waals surface area contributed by atoms with Gasteiger partial charge in [0, 0.05) is 30.6 Å². The van der Waals surface area contributed by atoms with Crippen LogP contribution in [0.2, 0.25) is 0 Å². The smallest absolute Gasteiger partial charge is 0.310 e. The number of piperidine rings is 1. The van der Waals surface area contributed by atoms with Crippen molar-refractivity contribution in [2.45, 2.75) is 58.0 Å².